The molecule has 1 fully saturated rings. The second-order valence-electron chi connectivity index (χ2n) is 8.78. The number of hydrogen-bond acceptors (Lipinski definition) is 6. The van der Waals surface area contributed by atoms with Gasteiger partial charge in [-0.05, 0) is 91.9 Å². The number of nitrogens with one attached hydrogen (secondary N) is 1. The fourth-order valence-corrected chi connectivity index (χ4v) is 5.11. The van der Waals surface area contributed by atoms with Crippen LogP contribution in [0.3, 0.4) is 0 Å². The van der Waals surface area contributed by atoms with Crippen LogP contribution < -0.4 is 19.7 Å². The number of carbonyl (C=O) groups excluding carboxylic acids is 2. The molecule has 0 bridgehead atoms. The van der Waals surface area contributed by atoms with Gasteiger partial charge < -0.3 is 14.8 Å². The third-order valence-electron chi connectivity index (χ3n) is 6.27. The molecular formula is C29H28N2O4S2. The molecule has 4 rings (SSSR count). The number of benzene rings is 3. The number of anilines is 2. The topological polar surface area (TPSA) is 67.9 Å². The van der Waals surface area contributed by atoms with Gasteiger partial charge in [-0.1, -0.05) is 48.2 Å². The zero-order chi connectivity index (χ0) is 26.7. The minimum absolute atomic E-state index is 0.166. The minimum Gasteiger partial charge on any atom is -0.493 e. The lowest BCUT2D eigenvalue weighted by Crippen LogP contribution is -2.27. The molecule has 37 heavy (non-hydrogen) atoms. The predicted octanol–water partition coefficient (Wildman–Crippen LogP) is 6.35. The Morgan fingerprint density at radius 2 is 1.78 bits per heavy atom. The summed E-state index contributed by atoms with van der Waals surface area (Å²) in [5.74, 6) is 0.451. The van der Waals surface area contributed by atoms with Gasteiger partial charge in [0.1, 0.15) is 0 Å². The Morgan fingerprint density at radius 3 is 2.51 bits per heavy atom. The number of ether oxygens (including phenoxy) is 2. The Kier molecular flexibility index (Phi) is 8.00. The van der Waals surface area contributed by atoms with E-state index in [1.165, 1.54) is 18.9 Å². The number of carbonyl (C=O) groups is 2. The lowest BCUT2D eigenvalue weighted by Gasteiger charge is -2.16. The number of amides is 2. The van der Waals surface area contributed by atoms with Crippen LogP contribution in [0.2, 0.25) is 0 Å². The van der Waals surface area contributed by atoms with Crippen molar-refractivity contribution >= 4 is 57.6 Å². The Labute approximate surface area is 226 Å². The number of hydrogen-bond donors (Lipinski definition) is 1. The van der Waals surface area contributed by atoms with Crippen molar-refractivity contribution in [2.24, 2.45) is 0 Å². The van der Waals surface area contributed by atoms with Crippen LogP contribution in [0, 0.1) is 27.7 Å². The summed E-state index contributed by atoms with van der Waals surface area (Å²) in [6, 6.07) is 16.9. The molecule has 3 aromatic carbocycles. The van der Waals surface area contributed by atoms with E-state index in [4.69, 9.17) is 21.7 Å². The number of thiocarbonyl (C=S) groups is 1. The van der Waals surface area contributed by atoms with Gasteiger partial charge in [0.25, 0.3) is 11.8 Å². The number of aryl methyl sites for hydroxylation is 3. The summed E-state index contributed by atoms with van der Waals surface area (Å²) in [5.41, 5.74) is 6.64. The van der Waals surface area contributed by atoms with Gasteiger partial charge in [-0.3, -0.25) is 14.5 Å². The highest BCUT2D eigenvalue weighted by Gasteiger charge is 2.33. The fourth-order valence-electron chi connectivity index (χ4n) is 3.82. The molecule has 0 unspecified atom stereocenters. The van der Waals surface area contributed by atoms with Crippen LogP contribution in [0.1, 0.15) is 27.8 Å². The smallest absolute Gasteiger partial charge is 0.270 e. The Bertz CT molecular complexity index is 1430. The van der Waals surface area contributed by atoms with Crippen LogP contribution >= 0.6 is 24.0 Å². The molecule has 1 saturated heterocycles. The van der Waals surface area contributed by atoms with Gasteiger partial charge in [0.15, 0.2) is 22.4 Å². The summed E-state index contributed by atoms with van der Waals surface area (Å²) in [4.78, 5) is 27.7. The second-order valence-corrected chi connectivity index (χ2v) is 10.5. The van der Waals surface area contributed by atoms with E-state index in [0.717, 1.165) is 39.2 Å². The summed E-state index contributed by atoms with van der Waals surface area (Å²) in [6.45, 7) is 7.83. The molecule has 0 saturated carbocycles. The fraction of sp³-hybridized carbons (Fsp3) is 0.207. The first-order valence-corrected chi connectivity index (χ1v) is 12.9. The Hall–Kier alpha value is -3.62. The quantitative estimate of drug-likeness (QED) is 0.282. The van der Waals surface area contributed by atoms with Gasteiger partial charge in [-0.25, -0.2) is 0 Å². The van der Waals surface area contributed by atoms with Gasteiger partial charge in [0.05, 0.1) is 17.7 Å². The molecule has 0 atom stereocenters. The summed E-state index contributed by atoms with van der Waals surface area (Å²) >= 11 is 6.76. The summed E-state index contributed by atoms with van der Waals surface area (Å²) in [7, 11) is 1.53. The van der Waals surface area contributed by atoms with Crippen LogP contribution in [0.25, 0.3) is 6.08 Å². The first-order valence-electron chi connectivity index (χ1n) is 11.7. The zero-order valence-corrected chi connectivity index (χ0v) is 23.0. The normalized spacial score (nSPS) is 14.3. The molecule has 1 aliphatic rings. The molecule has 6 nitrogen and oxygen atoms in total. The van der Waals surface area contributed by atoms with Gasteiger partial charge in [-0.2, -0.15) is 0 Å². The van der Waals surface area contributed by atoms with E-state index >= 15 is 0 Å². The maximum atomic E-state index is 13.2. The van der Waals surface area contributed by atoms with E-state index in [9.17, 15) is 9.59 Å². The first-order chi connectivity index (χ1) is 17.7. The number of rotatable bonds is 7. The van der Waals surface area contributed by atoms with Crippen molar-refractivity contribution in [2.75, 3.05) is 23.9 Å². The van der Waals surface area contributed by atoms with Gasteiger partial charge >= 0.3 is 0 Å². The van der Waals surface area contributed by atoms with Crippen molar-refractivity contribution in [3.05, 3.63) is 87.3 Å². The van der Waals surface area contributed by atoms with Crippen LogP contribution in [0.5, 0.6) is 11.5 Å². The average Bonchev–Trinajstić information content (AvgIpc) is 3.15. The van der Waals surface area contributed by atoms with Crippen molar-refractivity contribution < 1.29 is 19.1 Å². The molecule has 0 aliphatic carbocycles. The largest absolute Gasteiger partial charge is 0.493 e. The highest BCUT2D eigenvalue weighted by Crippen LogP contribution is 2.37. The highest BCUT2D eigenvalue weighted by atomic mass is 32.2. The van der Waals surface area contributed by atoms with Crippen LogP contribution in [-0.2, 0) is 9.59 Å². The summed E-state index contributed by atoms with van der Waals surface area (Å²) in [6.07, 6.45) is 1.78. The van der Waals surface area contributed by atoms with E-state index in [0.29, 0.717) is 20.7 Å². The van der Waals surface area contributed by atoms with Crippen molar-refractivity contribution in [1.82, 2.24) is 0 Å². The molecule has 190 valence electrons. The third kappa shape index (κ3) is 5.87. The van der Waals surface area contributed by atoms with Gasteiger partial charge in [0, 0.05) is 5.69 Å². The lowest BCUT2D eigenvalue weighted by atomic mass is 10.1. The standard InChI is InChI=1S/C29H28N2O4S2/c1-17-9-11-22(13-19(17)3)31-28(33)26(37-29(31)36)15-21-10-12-24(25(14-21)34-5)35-16-27(32)30-23-8-6-7-18(2)20(23)4/h6-15H,16H2,1-5H3,(H,30,32)/b26-15-. The van der Waals surface area contributed by atoms with E-state index in [1.807, 2.05) is 70.2 Å². The Morgan fingerprint density at radius 1 is 1.00 bits per heavy atom. The molecule has 0 radical (unpaired) electrons. The van der Waals surface area contributed by atoms with E-state index in [2.05, 4.69) is 5.32 Å². The van der Waals surface area contributed by atoms with Crippen LogP contribution in [-0.4, -0.2) is 29.9 Å². The van der Waals surface area contributed by atoms with Gasteiger partial charge in [-0.15, -0.1) is 0 Å². The monoisotopic (exact) mass is 532 g/mol. The predicted molar refractivity (Wildman–Crippen MR) is 155 cm³/mol. The van der Waals surface area contributed by atoms with E-state index < -0.39 is 0 Å². The minimum atomic E-state index is -0.269. The summed E-state index contributed by atoms with van der Waals surface area (Å²) in [5, 5.41) is 2.88. The Balaban J connectivity index is 1.46. The SMILES string of the molecule is COc1cc(/C=C2\SC(=S)N(c3ccc(C)c(C)c3)C2=O)ccc1OCC(=O)Nc1cccc(C)c1C. The van der Waals surface area contributed by atoms with Crippen molar-refractivity contribution in [1.29, 1.82) is 0 Å². The molecule has 0 aromatic heterocycles. The van der Waals surface area contributed by atoms with E-state index in [-0.39, 0.29) is 18.4 Å². The second kappa shape index (κ2) is 11.2. The van der Waals surface area contributed by atoms with Crippen molar-refractivity contribution in [2.45, 2.75) is 27.7 Å². The zero-order valence-electron chi connectivity index (χ0n) is 21.4. The third-order valence-corrected chi connectivity index (χ3v) is 7.57. The van der Waals surface area contributed by atoms with Crippen molar-refractivity contribution in [3.63, 3.8) is 0 Å². The maximum absolute atomic E-state index is 13.2. The lowest BCUT2D eigenvalue weighted by molar-refractivity contribution is -0.118. The van der Waals surface area contributed by atoms with Crippen LogP contribution in [0.4, 0.5) is 11.4 Å². The van der Waals surface area contributed by atoms with E-state index in [1.54, 1.807) is 23.1 Å². The molecular weight excluding hydrogens is 504 g/mol. The highest BCUT2D eigenvalue weighted by molar-refractivity contribution is 8.27. The molecule has 1 aliphatic heterocycles. The molecule has 2 amide bonds. The first kappa shape index (κ1) is 26.4. The maximum Gasteiger partial charge on any atom is 0.270 e. The molecule has 0 spiro atoms. The number of nitrogens with zero attached hydrogens (tertiary/aromatic N) is 1. The molecule has 1 heterocycles. The summed E-state index contributed by atoms with van der Waals surface area (Å²) < 4.78 is 11.7. The van der Waals surface area contributed by atoms with Crippen LogP contribution in [0.15, 0.2) is 59.5 Å². The van der Waals surface area contributed by atoms with Gasteiger partial charge in [0.2, 0.25) is 0 Å². The molecule has 1 N–H and O–H groups in total. The van der Waals surface area contributed by atoms with Crippen molar-refractivity contribution in [3.8, 4) is 11.5 Å². The number of methoxy groups -OCH3 is 1. The molecule has 3 aromatic rings. The average molecular weight is 533 g/mol. The number of thioether (sulfide) groups is 1. The molecule has 8 heteroatoms.